The molecule has 2 aromatic rings. The average Bonchev–Trinajstić information content (AvgIpc) is 3.28. The van der Waals surface area contributed by atoms with E-state index in [0.29, 0.717) is 23.8 Å². The number of benzene rings is 1. The van der Waals surface area contributed by atoms with Gasteiger partial charge in [0.05, 0.1) is 12.1 Å². The molecule has 7 heteroatoms. The first kappa shape index (κ1) is 23.3. The maximum absolute atomic E-state index is 13.4. The number of hydrazine groups is 1. The number of ether oxygens (including phenoxy) is 1. The van der Waals surface area contributed by atoms with Crippen LogP contribution < -0.4 is 26.2 Å². The predicted octanol–water partition coefficient (Wildman–Crippen LogP) is 3.06. The summed E-state index contributed by atoms with van der Waals surface area (Å²) in [5.74, 6) is 1.62. The van der Waals surface area contributed by atoms with E-state index >= 15 is 0 Å². The molecule has 6 atom stereocenters. The number of fused-ring (bicyclic) bond motifs is 1. The van der Waals surface area contributed by atoms with E-state index in [4.69, 9.17) is 4.74 Å². The third-order valence-corrected chi connectivity index (χ3v) is 7.64. The van der Waals surface area contributed by atoms with Crippen LogP contribution in [0.4, 0.5) is 0 Å². The molecule has 1 aliphatic carbocycles. The lowest BCUT2D eigenvalue weighted by Gasteiger charge is -2.36. The van der Waals surface area contributed by atoms with Crippen molar-refractivity contribution >= 4 is 5.91 Å². The fourth-order valence-electron chi connectivity index (χ4n) is 5.92. The Morgan fingerprint density at radius 2 is 1.91 bits per heavy atom. The molecule has 3 heterocycles. The van der Waals surface area contributed by atoms with Gasteiger partial charge in [-0.15, -0.1) is 0 Å². The highest BCUT2D eigenvalue weighted by Gasteiger charge is 2.43. The molecule has 0 spiro atoms. The third-order valence-electron chi connectivity index (χ3n) is 7.64. The number of carbonyl (C=O) groups excluding carboxylic acids is 1. The summed E-state index contributed by atoms with van der Waals surface area (Å²) < 4.78 is 5.69. The predicted molar refractivity (Wildman–Crippen MR) is 132 cm³/mol. The largest absolute Gasteiger partial charge is 0.475 e. The lowest BCUT2D eigenvalue weighted by Crippen LogP contribution is -2.52. The number of hydrogen-bond donors (Lipinski definition) is 4. The summed E-state index contributed by atoms with van der Waals surface area (Å²) in [5, 5.41) is 6.90. The van der Waals surface area contributed by atoms with Gasteiger partial charge in [-0.25, -0.2) is 10.4 Å². The Morgan fingerprint density at radius 3 is 2.68 bits per heavy atom. The fraction of sp³-hybridized carbons (Fsp3) is 0.556. The summed E-state index contributed by atoms with van der Waals surface area (Å²) in [6.45, 7) is 5.82. The molecule has 182 valence electrons. The van der Waals surface area contributed by atoms with Gasteiger partial charge in [-0.1, -0.05) is 36.4 Å². The second kappa shape index (κ2) is 10.4. The van der Waals surface area contributed by atoms with E-state index in [1.165, 1.54) is 5.56 Å². The van der Waals surface area contributed by atoms with Gasteiger partial charge in [-0.2, -0.15) is 0 Å². The van der Waals surface area contributed by atoms with Crippen molar-refractivity contribution in [2.24, 2.45) is 11.8 Å². The van der Waals surface area contributed by atoms with Crippen LogP contribution >= 0.6 is 0 Å². The van der Waals surface area contributed by atoms with E-state index in [2.05, 4.69) is 62.9 Å². The lowest BCUT2D eigenvalue weighted by atomic mass is 9.74. The minimum Gasteiger partial charge on any atom is -0.475 e. The number of rotatable bonds is 6. The summed E-state index contributed by atoms with van der Waals surface area (Å²) in [6.07, 6.45) is 5.85. The summed E-state index contributed by atoms with van der Waals surface area (Å²) in [7, 11) is 0. The number of nitrogens with zero attached hydrogens (tertiary/aromatic N) is 1. The molecule has 1 aromatic heterocycles. The van der Waals surface area contributed by atoms with Crippen LogP contribution in [0.1, 0.15) is 62.6 Å². The van der Waals surface area contributed by atoms with Crippen molar-refractivity contribution in [3.8, 4) is 5.88 Å². The molecule has 2 aliphatic heterocycles. The van der Waals surface area contributed by atoms with Crippen LogP contribution in [0.15, 0.2) is 48.7 Å². The van der Waals surface area contributed by atoms with Crippen LogP contribution in [-0.2, 0) is 4.79 Å². The van der Waals surface area contributed by atoms with E-state index < -0.39 is 0 Å². The smallest absolute Gasteiger partial charge is 0.223 e. The van der Waals surface area contributed by atoms with Crippen LogP contribution in [0.25, 0.3) is 0 Å². The standard InChI is InChI=1S/C27H37N5O2/c1-17(2)34-25-11-9-20(15-29-25)26-22-14-19(8-10-23(22)31-32-26)27(33)30-24-16-28-13-12-21(24)18-6-4-3-5-7-18/h3-7,9,11,15,17,19,21-24,26,28,31-32H,8,10,12-14,16H2,1-2H3,(H,30,33)/t19?,21-,22?,23?,24+,26?/m0/s1. The van der Waals surface area contributed by atoms with Crippen molar-refractivity contribution in [1.29, 1.82) is 0 Å². The molecule has 4 N–H and O–H groups in total. The minimum atomic E-state index is 0.0420. The molecule has 2 saturated heterocycles. The maximum Gasteiger partial charge on any atom is 0.223 e. The maximum atomic E-state index is 13.4. The molecule has 1 aromatic carbocycles. The van der Waals surface area contributed by atoms with E-state index in [-0.39, 0.29) is 30.0 Å². The van der Waals surface area contributed by atoms with Crippen LogP contribution in [0.5, 0.6) is 5.88 Å². The molecule has 0 bridgehead atoms. The van der Waals surface area contributed by atoms with Crippen molar-refractivity contribution in [2.45, 2.75) is 69.7 Å². The summed E-state index contributed by atoms with van der Waals surface area (Å²) in [5.41, 5.74) is 9.40. The molecule has 3 aliphatic rings. The molecule has 1 amide bonds. The second-order valence-corrected chi connectivity index (χ2v) is 10.3. The van der Waals surface area contributed by atoms with Crippen molar-refractivity contribution in [1.82, 2.24) is 26.5 Å². The van der Waals surface area contributed by atoms with Gasteiger partial charge in [-0.05, 0) is 63.1 Å². The Hall–Kier alpha value is -2.48. The quantitative estimate of drug-likeness (QED) is 0.527. The van der Waals surface area contributed by atoms with E-state index in [1.807, 2.05) is 26.1 Å². The molecule has 1 saturated carbocycles. The molecule has 34 heavy (non-hydrogen) atoms. The summed E-state index contributed by atoms with van der Waals surface area (Å²) in [6, 6.07) is 15.3. The Morgan fingerprint density at radius 1 is 1.06 bits per heavy atom. The van der Waals surface area contributed by atoms with Crippen molar-refractivity contribution in [2.75, 3.05) is 13.1 Å². The zero-order valence-electron chi connectivity index (χ0n) is 20.2. The SMILES string of the molecule is CC(C)Oc1ccc(C2NNC3CCC(C(=O)N[C@@H]4CNCC[C@H]4c4ccccc4)CC32)cn1. The number of piperidine rings is 1. The van der Waals surface area contributed by atoms with Gasteiger partial charge in [0, 0.05) is 42.7 Å². The van der Waals surface area contributed by atoms with Crippen molar-refractivity contribution in [3.05, 3.63) is 59.8 Å². The minimum absolute atomic E-state index is 0.0420. The molecule has 7 nitrogen and oxygen atoms in total. The highest BCUT2D eigenvalue weighted by atomic mass is 16.5. The molecule has 5 rings (SSSR count). The van der Waals surface area contributed by atoms with Gasteiger partial charge in [0.2, 0.25) is 11.8 Å². The number of nitrogens with one attached hydrogen (secondary N) is 4. The van der Waals surface area contributed by atoms with E-state index in [1.54, 1.807) is 0 Å². The third kappa shape index (κ3) is 5.11. The number of aromatic nitrogens is 1. The summed E-state index contributed by atoms with van der Waals surface area (Å²) in [4.78, 5) is 17.9. The van der Waals surface area contributed by atoms with Gasteiger partial charge < -0.3 is 15.4 Å². The highest BCUT2D eigenvalue weighted by Crippen LogP contribution is 2.40. The van der Waals surface area contributed by atoms with Gasteiger partial charge >= 0.3 is 0 Å². The topological polar surface area (TPSA) is 87.3 Å². The molecule has 4 unspecified atom stereocenters. The normalized spacial score (nSPS) is 31.1. The van der Waals surface area contributed by atoms with Crippen LogP contribution in [0.2, 0.25) is 0 Å². The van der Waals surface area contributed by atoms with Gasteiger partial charge in [-0.3, -0.25) is 10.2 Å². The van der Waals surface area contributed by atoms with Crippen molar-refractivity contribution < 1.29 is 9.53 Å². The van der Waals surface area contributed by atoms with Crippen molar-refractivity contribution in [3.63, 3.8) is 0 Å². The van der Waals surface area contributed by atoms with Crippen LogP contribution in [0, 0.1) is 11.8 Å². The molecule has 3 fully saturated rings. The monoisotopic (exact) mass is 463 g/mol. The average molecular weight is 464 g/mol. The first-order valence-electron chi connectivity index (χ1n) is 12.8. The van der Waals surface area contributed by atoms with Gasteiger partial charge in [0.25, 0.3) is 0 Å². The van der Waals surface area contributed by atoms with Crippen LogP contribution in [-0.4, -0.2) is 42.2 Å². The number of pyridine rings is 1. The number of hydrogen-bond acceptors (Lipinski definition) is 6. The number of carbonyl (C=O) groups is 1. The Labute approximate surface area is 202 Å². The lowest BCUT2D eigenvalue weighted by molar-refractivity contribution is -0.127. The van der Waals surface area contributed by atoms with E-state index in [9.17, 15) is 4.79 Å². The second-order valence-electron chi connectivity index (χ2n) is 10.3. The number of amides is 1. The highest BCUT2D eigenvalue weighted by molar-refractivity contribution is 5.79. The first-order valence-corrected chi connectivity index (χ1v) is 12.8. The Kier molecular flexibility index (Phi) is 7.13. The molecular formula is C27H37N5O2. The van der Waals surface area contributed by atoms with Crippen LogP contribution in [0.3, 0.4) is 0 Å². The molecular weight excluding hydrogens is 426 g/mol. The van der Waals surface area contributed by atoms with Gasteiger partial charge in [0.15, 0.2) is 0 Å². The zero-order valence-corrected chi connectivity index (χ0v) is 20.2. The van der Waals surface area contributed by atoms with E-state index in [0.717, 1.165) is 44.3 Å². The zero-order chi connectivity index (χ0) is 23.5. The summed E-state index contributed by atoms with van der Waals surface area (Å²) >= 11 is 0. The van der Waals surface area contributed by atoms with Gasteiger partial charge in [0.1, 0.15) is 0 Å². The Balaban J connectivity index is 1.23. The first-order chi connectivity index (χ1) is 16.6. The Bertz CT molecular complexity index is 951. The fourth-order valence-corrected chi connectivity index (χ4v) is 5.92. The molecule has 0 radical (unpaired) electrons.